The minimum atomic E-state index is -0.0272. The molecule has 2 N–H and O–H groups in total. The zero-order chi connectivity index (χ0) is 16.6. The topological polar surface area (TPSA) is 67.2 Å². The first-order chi connectivity index (χ1) is 11.8. The van der Waals surface area contributed by atoms with Crippen molar-refractivity contribution in [3.8, 4) is 0 Å². The van der Waals surface area contributed by atoms with Crippen LogP contribution in [0.25, 0.3) is 0 Å². The summed E-state index contributed by atoms with van der Waals surface area (Å²) < 4.78 is 5.19. The number of pyridine rings is 1. The van der Waals surface area contributed by atoms with Gasteiger partial charge in [0.2, 0.25) is 5.91 Å². The molecule has 0 fully saturated rings. The molecule has 3 aromatic rings. The van der Waals surface area contributed by atoms with Crippen LogP contribution in [-0.4, -0.2) is 10.9 Å². The number of nitrogens with zero attached hydrogens (tertiary/aromatic N) is 1. The van der Waals surface area contributed by atoms with Crippen LogP contribution in [0.2, 0.25) is 0 Å². The Labute approximate surface area is 140 Å². The molecule has 0 aliphatic heterocycles. The molecule has 2 aromatic heterocycles. The van der Waals surface area contributed by atoms with Crippen LogP contribution < -0.4 is 10.6 Å². The highest BCUT2D eigenvalue weighted by Gasteiger charge is 2.04. The fourth-order valence-corrected chi connectivity index (χ4v) is 2.28. The van der Waals surface area contributed by atoms with Crippen LogP contribution in [0.5, 0.6) is 0 Å². The minimum absolute atomic E-state index is 0.0272. The Bertz CT molecular complexity index is 753. The van der Waals surface area contributed by atoms with Crippen molar-refractivity contribution in [3.05, 3.63) is 84.1 Å². The average molecular weight is 321 g/mol. The molecule has 0 atom stereocenters. The van der Waals surface area contributed by atoms with Crippen molar-refractivity contribution < 1.29 is 9.21 Å². The van der Waals surface area contributed by atoms with Crippen LogP contribution in [0.4, 0.5) is 5.69 Å². The molecule has 2 heterocycles. The summed E-state index contributed by atoms with van der Waals surface area (Å²) in [5.41, 5.74) is 2.95. The summed E-state index contributed by atoms with van der Waals surface area (Å²) in [6.07, 6.45) is 3.72. The third-order valence-corrected chi connectivity index (χ3v) is 3.56. The highest BCUT2D eigenvalue weighted by atomic mass is 16.3. The molecule has 0 radical (unpaired) electrons. The second kappa shape index (κ2) is 7.97. The standard InChI is InChI=1S/C19H19N3O2/c23-19(22-14-18-5-3-11-24-18)12-15-6-8-16(9-7-15)21-13-17-4-1-2-10-20-17/h1-11,21H,12-14H2,(H,22,23). The first-order valence-corrected chi connectivity index (χ1v) is 7.81. The molecule has 5 heteroatoms. The first kappa shape index (κ1) is 15.8. The van der Waals surface area contributed by atoms with Crippen molar-refractivity contribution in [2.75, 3.05) is 5.32 Å². The second-order valence-electron chi connectivity index (χ2n) is 5.40. The van der Waals surface area contributed by atoms with E-state index in [1.54, 1.807) is 18.5 Å². The fraction of sp³-hybridized carbons (Fsp3) is 0.158. The molecule has 0 bridgehead atoms. The Morgan fingerprint density at radius 2 is 1.88 bits per heavy atom. The summed E-state index contributed by atoms with van der Waals surface area (Å²) in [4.78, 5) is 16.2. The van der Waals surface area contributed by atoms with Gasteiger partial charge in [-0.25, -0.2) is 0 Å². The van der Waals surface area contributed by atoms with E-state index < -0.39 is 0 Å². The summed E-state index contributed by atoms with van der Waals surface area (Å²) in [6.45, 7) is 1.08. The van der Waals surface area contributed by atoms with Gasteiger partial charge < -0.3 is 15.1 Å². The maximum Gasteiger partial charge on any atom is 0.224 e. The van der Waals surface area contributed by atoms with Gasteiger partial charge in [0.1, 0.15) is 5.76 Å². The molecule has 0 saturated heterocycles. The van der Waals surface area contributed by atoms with Gasteiger partial charge in [-0.1, -0.05) is 18.2 Å². The summed E-state index contributed by atoms with van der Waals surface area (Å²) in [7, 11) is 0. The number of carbonyl (C=O) groups is 1. The van der Waals surface area contributed by atoms with Crippen molar-refractivity contribution >= 4 is 11.6 Å². The molecule has 3 rings (SSSR count). The van der Waals surface area contributed by atoms with Gasteiger partial charge in [-0.15, -0.1) is 0 Å². The van der Waals surface area contributed by atoms with Crippen molar-refractivity contribution in [2.24, 2.45) is 0 Å². The monoisotopic (exact) mass is 321 g/mol. The Kier molecular flexibility index (Phi) is 5.24. The van der Waals surface area contributed by atoms with Crippen molar-refractivity contribution in [1.82, 2.24) is 10.3 Å². The van der Waals surface area contributed by atoms with E-state index in [2.05, 4.69) is 15.6 Å². The molecule has 0 aliphatic carbocycles. The van der Waals surface area contributed by atoms with Crippen LogP contribution >= 0.6 is 0 Å². The Morgan fingerprint density at radius 3 is 2.58 bits per heavy atom. The van der Waals surface area contributed by atoms with E-state index in [0.717, 1.165) is 22.7 Å². The normalized spacial score (nSPS) is 10.3. The van der Waals surface area contributed by atoms with Crippen LogP contribution in [0.3, 0.4) is 0 Å². The van der Waals surface area contributed by atoms with E-state index in [1.165, 1.54) is 0 Å². The third-order valence-electron chi connectivity index (χ3n) is 3.56. The number of anilines is 1. The maximum atomic E-state index is 11.9. The molecular formula is C19H19N3O2. The lowest BCUT2D eigenvalue weighted by atomic mass is 10.1. The lowest BCUT2D eigenvalue weighted by Gasteiger charge is -2.07. The number of furan rings is 1. The number of benzene rings is 1. The van der Waals surface area contributed by atoms with Gasteiger partial charge in [-0.05, 0) is 42.0 Å². The largest absolute Gasteiger partial charge is 0.467 e. The minimum Gasteiger partial charge on any atom is -0.467 e. The molecule has 122 valence electrons. The van der Waals surface area contributed by atoms with Gasteiger partial charge in [0.25, 0.3) is 0 Å². The number of amides is 1. The number of nitrogens with one attached hydrogen (secondary N) is 2. The van der Waals surface area contributed by atoms with Gasteiger partial charge in [0, 0.05) is 11.9 Å². The third kappa shape index (κ3) is 4.71. The zero-order valence-electron chi connectivity index (χ0n) is 13.2. The molecule has 24 heavy (non-hydrogen) atoms. The van der Waals surface area contributed by atoms with Gasteiger partial charge in [-0.2, -0.15) is 0 Å². The van der Waals surface area contributed by atoms with E-state index >= 15 is 0 Å². The predicted molar refractivity (Wildman–Crippen MR) is 92.3 cm³/mol. The summed E-state index contributed by atoms with van der Waals surface area (Å²) in [5, 5.41) is 6.15. The first-order valence-electron chi connectivity index (χ1n) is 7.81. The summed E-state index contributed by atoms with van der Waals surface area (Å²) >= 11 is 0. The Morgan fingerprint density at radius 1 is 1.00 bits per heavy atom. The zero-order valence-corrected chi connectivity index (χ0v) is 13.2. The van der Waals surface area contributed by atoms with Crippen LogP contribution in [0.15, 0.2) is 71.5 Å². The fourth-order valence-electron chi connectivity index (χ4n) is 2.28. The van der Waals surface area contributed by atoms with Crippen LogP contribution in [-0.2, 0) is 24.3 Å². The smallest absolute Gasteiger partial charge is 0.224 e. The molecule has 1 amide bonds. The van der Waals surface area contributed by atoms with Gasteiger partial charge in [-0.3, -0.25) is 9.78 Å². The van der Waals surface area contributed by atoms with Gasteiger partial charge in [0.15, 0.2) is 0 Å². The van der Waals surface area contributed by atoms with Crippen molar-refractivity contribution in [2.45, 2.75) is 19.5 Å². The number of aromatic nitrogens is 1. The van der Waals surface area contributed by atoms with E-state index in [-0.39, 0.29) is 5.91 Å². The molecule has 0 aliphatic rings. The summed E-state index contributed by atoms with van der Waals surface area (Å²) in [5.74, 6) is 0.720. The SMILES string of the molecule is O=C(Cc1ccc(NCc2ccccn2)cc1)NCc1ccco1. The lowest BCUT2D eigenvalue weighted by Crippen LogP contribution is -2.24. The highest BCUT2D eigenvalue weighted by molar-refractivity contribution is 5.78. The van der Waals surface area contributed by atoms with E-state index in [0.29, 0.717) is 19.5 Å². The number of hydrogen-bond acceptors (Lipinski definition) is 4. The number of hydrogen-bond donors (Lipinski definition) is 2. The Hall–Kier alpha value is -3.08. The molecular weight excluding hydrogens is 302 g/mol. The van der Waals surface area contributed by atoms with Gasteiger partial charge in [0.05, 0.1) is 31.5 Å². The number of rotatable bonds is 7. The lowest BCUT2D eigenvalue weighted by molar-refractivity contribution is -0.120. The highest BCUT2D eigenvalue weighted by Crippen LogP contribution is 2.11. The molecule has 0 spiro atoms. The van der Waals surface area contributed by atoms with Crippen LogP contribution in [0, 0.1) is 0 Å². The molecule has 5 nitrogen and oxygen atoms in total. The Balaban J connectivity index is 1.46. The number of carbonyl (C=O) groups excluding carboxylic acids is 1. The maximum absolute atomic E-state index is 11.9. The van der Waals surface area contributed by atoms with Crippen LogP contribution in [0.1, 0.15) is 17.0 Å². The quantitative estimate of drug-likeness (QED) is 0.701. The molecule has 0 unspecified atom stereocenters. The molecule has 0 saturated carbocycles. The van der Waals surface area contributed by atoms with Gasteiger partial charge >= 0.3 is 0 Å². The second-order valence-corrected chi connectivity index (χ2v) is 5.40. The van der Waals surface area contributed by atoms with Crippen molar-refractivity contribution in [3.63, 3.8) is 0 Å². The average Bonchev–Trinajstić information content (AvgIpc) is 3.14. The summed E-state index contributed by atoms with van der Waals surface area (Å²) in [6, 6.07) is 17.3. The van der Waals surface area contributed by atoms with Crippen molar-refractivity contribution in [1.29, 1.82) is 0 Å². The molecule has 1 aromatic carbocycles. The van der Waals surface area contributed by atoms with E-state index in [4.69, 9.17) is 4.42 Å². The predicted octanol–water partition coefficient (Wildman–Crippen LogP) is 3.15. The van der Waals surface area contributed by atoms with E-state index in [1.807, 2.05) is 48.5 Å². The van der Waals surface area contributed by atoms with E-state index in [9.17, 15) is 4.79 Å².